The number of amides is 1. The van der Waals surface area contributed by atoms with Gasteiger partial charge < -0.3 is 10.1 Å². The smallest absolute Gasteiger partial charge is 0.410 e. The van der Waals surface area contributed by atoms with Crippen molar-refractivity contribution in [1.29, 1.82) is 0 Å². The fraction of sp³-hybridized carbons (Fsp3) is 0.533. The van der Waals surface area contributed by atoms with Gasteiger partial charge in [0.15, 0.2) is 0 Å². The molecule has 0 aliphatic carbocycles. The molecule has 0 bridgehead atoms. The van der Waals surface area contributed by atoms with Crippen molar-refractivity contribution in [1.82, 2.24) is 10.2 Å². The van der Waals surface area contributed by atoms with Gasteiger partial charge in [-0.2, -0.15) is 0 Å². The van der Waals surface area contributed by atoms with Crippen LogP contribution in [0.15, 0.2) is 30.3 Å². The van der Waals surface area contributed by atoms with Gasteiger partial charge in [-0.1, -0.05) is 30.3 Å². The summed E-state index contributed by atoms with van der Waals surface area (Å²) >= 11 is 0. The Morgan fingerprint density at radius 3 is 2.89 bits per heavy atom. The number of benzene rings is 1. The van der Waals surface area contributed by atoms with E-state index in [-0.39, 0.29) is 11.7 Å². The molecular formula is C15H20N2O2. The third-order valence-electron chi connectivity index (χ3n) is 4.22. The van der Waals surface area contributed by atoms with Crippen LogP contribution in [0.2, 0.25) is 0 Å². The summed E-state index contributed by atoms with van der Waals surface area (Å²) in [4.78, 5) is 13.8. The minimum Gasteiger partial charge on any atom is -0.441 e. The van der Waals surface area contributed by atoms with Crippen LogP contribution in [0.5, 0.6) is 0 Å². The zero-order chi connectivity index (χ0) is 13.3. The van der Waals surface area contributed by atoms with E-state index < -0.39 is 0 Å². The lowest BCUT2D eigenvalue weighted by atomic mass is 9.88. The molecule has 0 saturated carbocycles. The SMILES string of the molecule is CC1(C2CCNC2)CN(Cc2ccccc2)C(=O)O1. The highest BCUT2D eigenvalue weighted by Crippen LogP contribution is 2.34. The van der Waals surface area contributed by atoms with Crippen LogP contribution in [0.1, 0.15) is 18.9 Å². The molecule has 2 unspecified atom stereocenters. The lowest BCUT2D eigenvalue weighted by Gasteiger charge is -2.28. The minimum absolute atomic E-state index is 0.182. The average molecular weight is 260 g/mol. The first kappa shape index (κ1) is 12.5. The first-order valence-corrected chi connectivity index (χ1v) is 6.90. The lowest BCUT2D eigenvalue weighted by molar-refractivity contribution is 0.0287. The van der Waals surface area contributed by atoms with Crippen LogP contribution in [0.4, 0.5) is 4.79 Å². The van der Waals surface area contributed by atoms with Crippen molar-refractivity contribution >= 4 is 6.09 Å². The van der Waals surface area contributed by atoms with Crippen molar-refractivity contribution in [3.8, 4) is 0 Å². The van der Waals surface area contributed by atoms with E-state index in [2.05, 4.69) is 12.2 Å². The molecule has 2 saturated heterocycles. The number of hydrogen-bond acceptors (Lipinski definition) is 3. The van der Waals surface area contributed by atoms with Crippen molar-refractivity contribution in [2.24, 2.45) is 5.92 Å². The molecule has 4 nitrogen and oxygen atoms in total. The van der Waals surface area contributed by atoms with E-state index in [4.69, 9.17) is 4.74 Å². The molecule has 1 aromatic rings. The van der Waals surface area contributed by atoms with Crippen molar-refractivity contribution in [3.05, 3.63) is 35.9 Å². The van der Waals surface area contributed by atoms with Crippen LogP contribution in [0.3, 0.4) is 0 Å². The second-order valence-corrected chi connectivity index (χ2v) is 5.71. The molecular weight excluding hydrogens is 240 g/mol. The molecule has 1 N–H and O–H groups in total. The van der Waals surface area contributed by atoms with Gasteiger partial charge in [0.05, 0.1) is 6.54 Å². The quantitative estimate of drug-likeness (QED) is 0.904. The van der Waals surface area contributed by atoms with E-state index in [1.54, 1.807) is 0 Å². The average Bonchev–Trinajstić information content (AvgIpc) is 3.01. The topological polar surface area (TPSA) is 41.6 Å². The Morgan fingerprint density at radius 2 is 2.21 bits per heavy atom. The number of nitrogens with zero attached hydrogens (tertiary/aromatic N) is 1. The Bertz CT molecular complexity index is 456. The van der Waals surface area contributed by atoms with Gasteiger partial charge in [0.1, 0.15) is 5.60 Å². The summed E-state index contributed by atoms with van der Waals surface area (Å²) in [6.07, 6.45) is 0.904. The largest absolute Gasteiger partial charge is 0.441 e. The number of hydrogen-bond donors (Lipinski definition) is 1. The highest BCUT2D eigenvalue weighted by Gasteiger charge is 2.47. The van der Waals surface area contributed by atoms with Crippen LogP contribution in [-0.2, 0) is 11.3 Å². The summed E-state index contributed by atoms with van der Waals surface area (Å²) < 4.78 is 5.66. The highest BCUT2D eigenvalue weighted by atomic mass is 16.6. The molecule has 0 radical (unpaired) electrons. The normalized spacial score (nSPS) is 30.7. The molecule has 0 spiro atoms. The molecule has 2 heterocycles. The van der Waals surface area contributed by atoms with Crippen molar-refractivity contribution in [3.63, 3.8) is 0 Å². The van der Waals surface area contributed by atoms with Crippen molar-refractivity contribution in [2.75, 3.05) is 19.6 Å². The summed E-state index contributed by atoms with van der Waals surface area (Å²) in [6, 6.07) is 10.1. The third kappa shape index (κ3) is 2.45. The van der Waals surface area contributed by atoms with Gasteiger partial charge in [0.25, 0.3) is 0 Å². The number of carbonyl (C=O) groups is 1. The molecule has 2 aliphatic heterocycles. The molecule has 2 aliphatic rings. The predicted molar refractivity (Wildman–Crippen MR) is 72.7 cm³/mol. The van der Waals surface area contributed by atoms with E-state index in [1.165, 1.54) is 0 Å². The molecule has 102 valence electrons. The molecule has 3 rings (SSSR count). The second-order valence-electron chi connectivity index (χ2n) is 5.71. The van der Waals surface area contributed by atoms with E-state index >= 15 is 0 Å². The summed E-state index contributed by atoms with van der Waals surface area (Å²) in [5.74, 6) is 0.428. The standard InChI is InChI=1S/C15H20N2O2/c1-15(13-7-8-16-9-13)11-17(14(18)19-15)10-12-5-3-2-4-6-12/h2-6,13,16H,7-11H2,1H3. The molecule has 4 heteroatoms. The first-order chi connectivity index (χ1) is 9.17. The zero-order valence-corrected chi connectivity index (χ0v) is 11.3. The number of nitrogens with one attached hydrogen (secondary N) is 1. The maximum Gasteiger partial charge on any atom is 0.410 e. The monoisotopic (exact) mass is 260 g/mol. The number of rotatable bonds is 3. The summed E-state index contributed by atoms with van der Waals surface area (Å²) in [6.45, 7) is 5.36. The Balaban J connectivity index is 1.69. The molecule has 2 atom stereocenters. The molecule has 19 heavy (non-hydrogen) atoms. The van der Waals surface area contributed by atoms with E-state index in [1.807, 2.05) is 35.2 Å². The molecule has 1 aromatic carbocycles. The summed E-state index contributed by atoms with van der Waals surface area (Å²) in [5, 5.41) is 3.34. The summed E-state index contributed by atoms with van der Waals surface area (Å²) in [5.41, 5.74) is 0.809. The van der Waals surface area contributed by atoms with Crippen LogP contribution < -0.4 is 5.32 Å². The van der Waals surface area contributed by atoms with E-state index in [0.29, 0.717) is 19.0 Å². The van der Waals surface area contributed by atoms with Crippen molar-refractivity contribution in [2.45, 2.75) is 25.5 Å². The van der Waals surface area contributed by atoms with Crippen molar-refractivity contribution < 1.29 is 9.53 Å². The van der Waals surface area contributed by atoms with E-state index in [0.717, 1.165) is 25.1 Å². The fourth-order valence-corrected chi connectivity index (χ4v) is 3.05. The predicted octanol–water partition coefficient (Wildman–Crippen LogP) is 2.01. The van der Waals surface area contributed by atoms with E-state index in [9.17, 15) is 4.79 Å². The molecule has 1 amide bonds. The Morgan fingerprint density at radius 1 is 1.42 bits per heavy atom. The van der Waals surface area contributed by atoms with Crippen LogP contribution >= 0.6 is 0 Å². The Hall–Kier alpha value is -1.55. The Kier molecular flexibility index (Phi) is 3.19. The van der Waals surface area contributed by atoms with Crippen LogP contribution in [0.25, 0.3) is 0 Å². The zero-order valence-electron chi connectivity index (χ0n) is 11.3. The van der Waals surface area contributed by atoms with Gasteiger partial charge >= 0.3 is 6.09 Å². The van der Waals surface area contributed by atoms with Gasteiger partial charge in [0.2, 0.25) is 0 Å². The second kappa shape index (κ2) is 4.85. The number of cyclic esters (lactones) is 1. The molecule has 2 fully saturated rings. The fourth-order valence-electron chi connectivity index (χ4n) is 3.05. The van der Waals surface area contributed by atoms with Crippen LogP contribution in [-0.4, -0.2) is 36.2 Å². The highest BCUT2D eigenvalue weighted by molar-refractivity contribution is 5.70. The van der Waals surface area contributed by atoms with Gasteiger partial charge in [-0.3, -0.25) is 4.90 Å². The van der Waals surface area contributed by atoms with Gasteiger partial charge in [-0.15, -0.1) is 0 Å². The number of carbonyl (C=O) groups excluding carboxylic acids is 1. The molecule has 0 aromatic heterocycles. The number of ether oxygens (including phenoxy) is 1. The van der Waals surface area contributed by atoms with Gasteiger partial charge in [-0.25, -0.2) is 4.79 Å². The third-order valence-corrected chi connectivity index (χ3v) is 4.22. The van der Waals surface area contributed by atoms with Crippen LogP contribution in [0, 0.1) is 5.92 Å². The Labute approximate surface area is 113 Å². The first-order valence-electron chi connectivity index (χ1n) is 6.90. The maximum absolute atomic E-state index is 12.0. The lowest BCUT2D eigenvalue weighted by Crippen LogP contribution is -2.40. The minimum atomic E-state index is -0.338. The summed E-state index contributed by atoms with van der Waals surface area (Å²) in [7, 11) is 0. The van der Waals surface area contributed by atoms with Gasteiger partial charge in [-0.05, 0) is 25.5 Å². The maximum atomic E-state index is 12.0. The van der Waals surface area contributed by atoms with Gasteiger partial charge in [0, 0.05) is 19.0 Å².